The van der Waals surface area contributed by atoms with Crippen LogP contribution in [-0.4, -0.2) is 79.5 Å². The van der Waals surface area contributed by atoms with E-state index >= 15 is 0 Å². The molecule has 0 aromatic carbocycles. The Balaban J connectivity index is 1.23. The smallest absolute Gasteiger partial charge is 0.379 e. The number of rotatable bonds is 6. The van der Waals surface area contributed by atoms with Gasteiger partial charge in [-0.25, -0.2) is 4.98 Å². The number of amides is 1. The highest BCUT2D eigenvalue weighted by molar-refractivity contribution is 5.84. The van der Waals surface area contributed by atoms with Crippen LogP contribution >= 0.6 is 0 Å². The van der Waals surface area contributed by atoms with Crippen molar-refractivity contribution in [3.8, 4) is 0 Å². The summed E-state index contributed by atoms with van der Waals surface area (Å²) < 4.78 is 50.5. The zero-order chi connectivity index (χ0) is 24.8. The minimum atomic E-state index is -4.47. The Morgan fingerprint density at radius 1 is 1.29 bits per heavy atom. The summed E-state index contributed by atoms with van der Waals surface area (Å²) in [5.74, 6) is 0.558. The van der Waals surface area contributed by atoms with E-state index < -0.39 is 11.9 Å². The predicted octanol–water partition coefficient (Wildman–Crippen LogP) is 3.23. The van der Waals surface area contributed by atoms with Crippen LogP contribution in [0.2, 0.25) is 0 Å². The molecule has 1 amide bonds. The van der Waals surface area contributed by atoms with Crippen LogP contribution in [0.25, 0.3) is 0 Å². The van der Waals surface area contributed by atoms with Crippen LogP contribution in [-0.2, 0) is 20.4 Å². The third-order valence-electron chi connectivity index (χ3n) is 8.62. The molecule has 1 aromatic rings. The van der Waals surface area contributed by atoms with Crippen LogP contribution in [0.4, 0.5) is 19.0 Å². The van der Waals surface area contributed by atoms with E-state index in [1.54, 1.807) is 13.2 Å². The summed E-state index contributed by atoms with van der Waals surface area (Å²) in [7, 11) is 1.71. The lowest BCUT2D eigenvalue weighted by atomic mass is 9.81. The topological polar surface area (TPSA) is 66.9 Å². The zero-order valence-electron chi connectivity index (χ0n) is 20.4. The maximum absolute atomic E-state index is 13.8. The van der Waals surface area contributed by atoms with Gasteiger partial charge in [0.1, 0.15) is 11.5 Å². The molecule has 1 aromatic heterocycles. The van der Waals surface area contributed by atoms with Crippen molar-refractivity contribution in [3.63, 3.8) is 0 Å². The number of aromatic nitrogens is 1. The second kappa shape index (κ2) is 9.52. The number of carbonyl (C=O) groups is 1. The van der Waals surface area contributed by atoms with Gasteiger partial charge in [-0.15, -0.1) is 0 Å². The van der Waals surface area contributed by atoms with E-state index in [1.807, 2.05) is 9.80 Å². The Labute approximate surface area is 204 Å². The highest BCUT2D eigenvalue weighted by Crippen LogP contribution is 2.46. The van der Waals surface area contributed by atoms with Crippen molar-refractivity contribution in [3.05, 3.63) is 23.9 Å². The number of alkyl halides is 3. The molecule has 3 aliphatic heterocycles. The number of anilines is 1. The Bertz CT molecular complexity index is 931. The number of pyridine rings is 1. The van der Waals surface area contributed by atoms with Crippen LogP contribution in [0.3, 0.4) is 0 Å². The van der Waals surface area contributed by atoms with Gasteiger partial charge in [0.25, 0.3) is 0 Å². The molecule has 3 saturated heterocycles. The van der Waals surface area contributed by atoms with E-state index in [2.05, 4.69) is 17.2 Å². The molecule has 0 spiro atoms. The fraction of sp³-hybridized carbons (Fsp3) is 0.760. The number of carbonyl (C=O) groups excluding carboxylic acids is 1. The van der Waals surface area contributed by atoms with E-state index in [1.165, 1.54) is 6.07 Å². The lowest BCUT2D eigenvalue weighted by Crippen LogP contribution is -2.54. The van der Waals surface area contributed by atoms with Gasteiger partial charge in [-0.1, -0.05) is 13.0 Å². The first-order chi connectivity index (χ1) is 16.7. The fourth-order valence-corrected chi connectivity index (χ4v) is 6.61. The van der Waals surface area contributed by atoms with Crippen molar-refractivity contribution in [2.75, 3.05) is 38.3 Å². The molecule has 10 heteroatoms. The van der Waals surface area contributed by atoms with Crippen molar-refractivity contribution in [1.82, 2.24) is 15.2 Å². The normalized spacial score (nSPS) is 35.2. The summed E-state index contributed by atoms with van der Waals surface area (Å²) >= 11 is 0. The first kappa shape index (κ1) is 24.8. The number of halogens is 3. The minimum Gasteiger partial charge on any atom is -0.379 e. The molecular weight excluding hydrogens is 461 g/mol. The highest BCUT2D eigenvalue weighted by Gasteiger charge is 2.53. The van der Waals surface area contributed by atoms with Gasteiger partial charge in [0.2, 0.25) is 5.91 Å². The molecule has 7 nitrogen and oxygen atoms in total. The van der Waals surface area contributed by atoms with E-state index in [0.29, 0.717) is 25.5 Å². The first-order valence-corrected chi connectivity index (χ1v) is 12.7. The number of methoxy groups -OCH3 is 1. The quantitative estimate of drug-likeness (QED) is 0.653. The maximum Gasteiger partial charge on any atom is 0.433 e. The van der Waals surface area contributed by atoms with Crippen LogP contribution in [0.5, 0.6) is 0 Å². The standard InChI is InChI=1S/C25H35F3N4O3/c1-3-24(9-7-16(12-24)29-19-8-10-35-15-20(19)34-2)23(33)32-14-17-11-18(32)13-31(17)22-6-4-5-21(30-22)25(26,27)28/h4-6,16-20,29H,3,7-15H2,1-2H3/t16-,17-,18+,19+,20-,24+/m1/s1. The molecule has 1 saturated carbocycles. The Hall–Kier alpha value is -1.91. The summed E-state index contributed by atoms with van der Waals surface area (Å²) in [4.78, 5) is 21.7. The van der Waals surface area contributed by atoms with Crippen LogP contribution in [0, 0.1) is 5.41 Å². The van der Waals surface area contributed by atoms with Crippen molar-refractivity contribution in [2.24, 2.45) is 5.41 Å². The largest absolute Gasteiger partial charge is 0.433 e. The highest BCUT2D eigenvalue weighted by atomic mass is 19.4. The number of fused-ring (bicyclic) bond motifs is 2. The third kappa shape index (κ3) is 4.64. The average molecular weight is 497 g/mol. The molecule has 6 atom stereocenters. The van der Waals surface area contributed by atoms with E-state index in [-0.39, 0.29) is 41.6 Å². The van der Waals surface area contributed by atoms with E-state index in [9.17, 15) is 18.0 Å². The van der Waals surface area contributed by atoms with Gasteiger partial charge in [0, 0.05) is 38.9 Å². The van der Waals surface area contributed by atoms with Gasteiger partial charge in [0.05, 0.1) is 30.2 Å². The van der Waals surface area contributed by atoms with Gasteiger partial charge < -0.3 is 24.6 Å². The predicted molar refractivity (Wildman–Crippen MR) is 124 cm³/mol. The fourth-order valence-electron chi connectivity index (χ4n) is 6.61. The molecule has 0 unspecified atom stereocenters. The molecule has 0 radical (unpaired) electrons. The molecule has 4 fully saturated rings. The molecule has 35 heavy (non-hydrogen) atoms. The summed E-state index contributed by atoms with van der Waals surface area (Å²) in [5, 5.41) is 3.75. The average Bonchev–Trinajstić information content (AvgIpc) is 3.58. The Morgan fingerprint density at radius 3 is 2.80 bits per heavy atom. The number of hydrogen-bond acceptors (Lipinski definition) is 6. The third-order valence-corrected chi connectivity index (χ3v) is 8.62. The molecule has 194 valence electrons. The van der Waals surface area contributed by atoms with Crippen LogP contribution in [0.1, 0.15) is 51.1 Å². The lowest BCUT2D eigenvalue weighted by molar-refractivity contribution is -0.143. The van der Waals surface area contributed by atoms with Gasteiger partial charge in [-0.2, -0.15) is 13.2 Å². The molecule has 4 aliphatic rings. The molecule has 1 N–H and O–H groups in total. The number of nitrogens with zero attached hydrogens (tertiary/aromatic N) is 3. The van der Waals surface area contributed by atoms with Crippen molar-refractivity contribution < 1.29 is 27.4 Å². The summed E-state index contributed by atoms with van der Waals surface area (Å²) in [6, 6.07) is 4.57. The molecule has 1 aliphatic carbocycles. The van der Waals surface area contributed by atoms with E-state index in [0.717, 1.165) is 51.2 Å². The Kier molecular flexibility index (Phi) is 6.74. The maximum atomic E-state index is 13.8. The number of nitrogens with one attached hydrogen (secondary N) is 1. The SMILES string of the molecule is CC[C@]1(C(=O)N2C[C@H]3C[C@H]2CN3c2cccc(C(F)(F)F)n2)CC[C@@H](N[C@H]2CCOC[C@H]2OC)C1. The molecule has 2 bridgehead atoms. The van der Waals surface area contributed by atoms with Crippen molar-refractivity contribution in [1.29, 1.82) is 0 Å². The summed E-state index contributed by atoms with van der Waals surface area (Å²) in [5.41, 5.74) is -1.25. The molecule has 4 heterocycles. The van der Waals surface area contributed by atoms with Crippen molar-refractivity contribution >= 4 is 11.7 Å². The first-order valence-electron chi connectivity index (χ1n) is 12.7. The zero-order valence-corrected chi connectivity index (χ0v) is 20.4. The van der Waals surface area contributed by atoms with Gasteiger partial charge in [-0.3, -0.25) is 4.79 Å². The van der Waals surface area contributed by atoms with Gasteiger partial charge in [0.15, 0.2) is 0 Å². The monoisotopic (exact) mass is 496 g/mol. The second-order valence-electron chi connectivity index (χ2n) is 10.5. The lowest BCUT2D eigenvalue weighted by Gasteiger charge is -2.40. The number of hydrogen-bond donors (Lipinski definition) is 1. The summed E-state index contributed by atoms with van der Waals surface area (Å²) in [6.45, 7) is 4.49. The molecular formula is C25H35F3N4O3. The van der Waals surface area contributed by atoms with Crippen LogP contribution < -0.4 is 10.2 Å². The second-order valence-corrected chi connectivity index (χ2v) is 10.5. The van der Waals surface area contributed by atoms with Crippen LogP contribution in [0.15, 0.2) is 18.2 Å². The van der Waals surface area contributed by atoms with Gasteiger partial charge >= 0.3 is 6.18 Å². The van der Waals surface area contributed by atoms with E-state index in [4.69, 9.17) is 9.47 Å². The Morgan fingerprint density at radius 2 is 2.11 bits per heavy atom. The summed E-state index contributed by atoms with van der Waals surface area (Å²) in [6.07, 6.45) is 0.649. The number of likely N-dealkylation sites (tertiary alicyclic amines) is 1. The minimum absolute atomic E-state index is 0.00821. The van der Waals surface area contributed by atoms with Gasteiger partial charge in [-0.05, 0) is 50.7 Å². The molecule has 5 rings (SSSR count). The van der Waals surface area contributed by atoms with Crippen molar-refractivity contribution in [2.45, 2.75) is 81.9 Å². The number of ether oxygens (including phenoxy) is 2. The number of piperazine rings is 1.